The van der Waals surface area contributed by atoms with Gasteiger partial charge in [-0.15, -0.1) is 0 Å². The van der Waals surface area contributed by atoms with Crippen molar-refractivity contribution in [3.05, 3.63) is 27.4 Å². The maximum absolute atomic E-state index is 13.1. The SMILES string of the molecule is FC(F)C(F)(F)Cn1c(=S)[nH]c2ccc(Br)cc21. The molecule has 0 aliphatic carbocycles. The van der Waals surface area contributed by atoms with Crippen LogP contribution in [0, 0.1) is 4.77 Å². The summed E-state index contributed by atoms with van der Waals surface area (Å²) in [5.74, 6) is -4.12. The Hall–Kier alpha value is -0.890. The average molecular weight is 343 g/mol. The van der Waals surface area contributed by atoms with Gasteiger partial charge in [0, 0.05) is 4.47 Å². The van der Waals surface area contributed by atoms with E-state index in [1.165, 1.54) is 0 Å². The van der Waals surface area contributed by atoms with E-state index in [9.17, 15) is 17.6 Å². The summed E-state index contributed by atoms with van der Waals surface area (Å²) < 4.78 is 52.2. The van der Waals surface area contributed by atoms with Crippen LogP contribution in [0.15, 0.2) is 22.7 Å². The highest BCUT2D eigenvalue weighted by Crippen LogP contribution is 2.28. The van der Waals surface area contributed by atoms with Gasteiger partial charge in [0.2, 0.25) is 0 Å². The second kappa shape index (κ2) is 4.65. The molecule has 1 heterocycles. The summed E-state index contributed by atoms with van der Waals surface area (Å²) in [5.41, 5.74) is 0.878. The van der Waals surface area contributed by atoms with Crippen LogP contribution in [0.3, 0.4) is 0 Å². The predicted octanol–water partition coefficient (Wildman–Crippen LogP) is 4.36. The van der Waals surface area contributed by atoms with E-state index in [-0.39, 0.29) is 4.77 Å². The molecule has 2 rings (SSSR count). The number of rotatable bonds is 3. The molecule has 0 unspecified atom stereocenters. The number of benzene rings is 1. The molecule has 2 aromatic rings. The number of aromatic amines is 1. The van der Waals surface area contributed by atoms with Gasteiger partial charge in [-0.1, -0.05) is 15.9 Å². The number of imidazole rings is 1. The Bertz CT molecular complexity index is 634. The first-order valence-corrected chi connectivity index (χ1v) is 6.05. The van der Waals surface area contributed by atoms with Gasteiger partial charge >= 0.3 is 12.3 Å². The van der Waals surface area contributed by atoms with Crippen LogP contribution in [0.5, 0.6) is 0 Å². The lowest BCUT2D eigenvalue weighted by Gasteiger charge is -2.16. The fourth-order valence-electron chi connectivity index (χ4n) is 1.56. The van der Waals surface area contributed by atoms with Gasteiger partial charge in [0.25, 0.3) is 0 Å². The topological polar surface area (TPSA) is 20.7 Å². The third kappa shape index (κ3) is 2.44. The number of H-pyrrole nitrogens is 1. The zero-order valence-corrected chi connectivity index (χ0v) is 11.2. The highest BCUT2D eigenvalue weighted by Gasteiger charge is 2.41. The third-order valence-corrected chi connectivity index (χ3v) is 3.24. The Morgan fingerprint density at radius 3 is 2.67 bits per heavy atom. The van der Waals surface area contributed by atoms with Crippen LogP contribution in [0.4, 0.5) is 17.6 Å². The molecule has 0 fully saturated rings. The first kappa shape index (κ1) is 13.5. The van der Waals surface area contributed by atoms with Crippen LogP contribution < -0.4 is 0 Å². The van der Waals surface area contributed by atoms with E-state index in [0.29, 0.717) is 15.5 Å². The Balaban J connectivity index is 2.54. The molecule has 0 aliphatic heterocycles. The highest BCUT2D eigenvalue weighted by molar-refractivity contribution is 9.10. The lowest BCUT2D eigenvalue weighted by atomic mass is 10.3. The largest absolute Gasteiger partial charge is 0.331 e. The quantitative estimate of drug-likeness (QED) is 0.649. The molecule has 0 spiro atoms. The van der Waals surface area contributed by atoms with E-state index in [4.69, 9.17) is 12.2 Å². The van der Waals surface area contributed by atoms with Crippen LogP contribution >= 0.6 is 28.1 Å². The van der Waals surface area contributed by atoms with Gasteiger partial charge in [-0.2, -0.15) is 8.78 Å². The highest BCUT2D eigenvalue weighted by atomic mass is 79.9. The smallest absolute Gasteiger partial charge is 0.324 e. The second-order valence-electron chi connectivity index (χ2n) is 3.74. The van der Waals surface area contributed by atoms with Crippen LogP contribution in [0.2, 0.25) is 0 Å². The maximum Gasteiger partial charge on any atom is 0.324 e. The molecule has 1 aromatic carbocycles. The molecular formula is C10H7BrF4N2S. The van der Waals surface area contributed by atoms with Gasteiger partial charge in [-0.25, -0.2) is 8.78 Å². The van der Waals surface area contributed by atoms with Crippen LogP contribution in [0.1, 0.15) is 0 Å². The Morgan fingerprint density at radius 1 is 1.39 bits per heavy atom. The summed E-state index contributed by atoms with van der Waals surface area (Å²) in [6.07, 6.45) is -3.73. The molecule has 0 saturated carbocycles. The standard InChI is InChI=1S/C10H7BrF4N2S/c11-5-1-2-6-7(3-5)17(9(18)16-6)4-10(14,15)8(12)13/h1-3,8H,4H2,(H,16,18). The van der Waals surface area contributed by atoms with Crippen molar-refractivity contribution in [1.82, 2.24) is 9.55 Å². The number of aromatic nitrogens is 2. The van der Waals surface area contributed by atoms with Gasteiger partial charge in [0.1, 0.15) is 0 Å². The molecule has 1 aromatic heterocycles. The van der Waals surface area contributed by atoms with Gasteiger partial charge in [-0.3, -0.25) is 0 Å². The van der Waals surface area contributed by atoms with Crippen molar-refractivity contribution >= 4 is 39.2 Å². The van der Waals surface area contributed by atoms with E-state index in [0.717, 1.165) is 4.57 Å². The lowest BCUT2D eigenvalue weighted by molar-refractivity contribution is -0.137. The van der Waals surface area contributed by atoms with Crippen molar-refractivity contribution < 1.29 is 17.6 Å². The Kier molecular flexibility index (Phi) is 3.50. The molecule has 0 saturated heterocycles. The first-order chi connectivity index (χ1) is 8.31. The number of nitrogens with one attached hydrogen (secondary N) is 1. The Labute approximate surface area is 113 Å². The number of halogens is 5. The summed E-state index contributed by atoms with van der Waals surface area (Å²) in [6.45, 7) is -1.15. The minimum Gasteiger partial charge on any atom is -0.331 e. The minimum absolute atomic E-state index is 0.0107. The van der Waals surface area contributed by atoms with Crippen molar-refractivity contribution in [3.8, 4) is 0 Å². The third-order valence-electron chi connectivity index (χ3n) is 2.43. The number of fused-ring (bicyclic) bond motifs is 1. The van der Waals surface area contributed by atoms with E-state index in [1.807, 2.05) is 0 Å². The predicted molar refractivity (Wildman–Crippen MR) is 65.8 cm³/mol. The van der Waals surface area contributed by atoms with Crippen molar-refractivity contribution in [2.75, 3.05) is 0 Å². The van der Waals surface area contributed by atoms with Gasteiger partial charge in [0.15, 0.2) is 4.77 Å². The molecule has 8 heteroatoms. The van der Waals surface area contributed by atoms with Gasteiger partial charge < -0.3 is 9.55 Å². The zero-order chi connectivity index (χ0) is 13.5. The summed E-state index contributed by atoms with van der Waals surface area (Å²) in [7, 11) is 0. The molecule has 2 nitrogen and oxygen atoms in total. The summed E-state index contributed by atoms with van der Waals surface area (Å²) >= 11 is 8.05. The lowest BCUT2D eigenvalue weighted by Crippen LogP contribution is -2.32. The summed E-state index contributed by atoms with van der Waals surface area (Å²) in [4.78, 5) is 2.69. The molecule has 0 amide bonds. The number of nitrogens with zero attached hydrogens (tertiary/aromatic N) is 1. The van der Waals surface area contributed by atoms with Crippen LogP contribution in [-0.2, 0) is 6.54 Å². The number of hydrogen-bond acceptors (Lipinski definition) is 1. The van der Waals surface area contributed by atoms with Crippen molar-refractivity contribution in [1.29, 1.82) is 0 Å². The fraction of sp³-hybridized carbons (Fsp3) is 0.300. The van der Waals surface area contributed by atoms with Crippen LogP contribution in [0.25, 0.3) is 11.0 Å². The minimum atomic E-state index is -4.12. The second-order valence-corrected chi connectivity index (χ2v) is 5.04. The zero-order valence-electron chi connectivity index (χ0n) is 8.76. The normalized spacial score (nSPS) is 12.6. The summed E-state index contributed by atoms with van der Waals surface area (Å²) in [6, 6.07) is 4.87. The van der Waals surface area contributed by atoms with E-state index >= 15 is 0 Å². The molecule has 0 aliphatic rings. The molecule has 0 radical (unpaired) electrons. The summed E-state index contributed by atoms with van der Waals surface area (Å²) in [5, 5.41) is 0. The number of alkyl halides is 4. The van der Waals surface area contributed by atoms with Crippen LogP contribution in [-0.4, -0.2) is 21.9 Å². The first-order valence-electron chi connectivity index (χ1n) is 4.85. The average Bonchev–Trinajstić information content (AvgIpc) is 2.55. The van der Waals surface area contributed by atoms with Gasteiger partial charge in [-0.05, 0) is 30.4 Å². The molecule has 0 bridgehead atoms. The molecule has 1 N–H and O–H groups in total. The molecular weight excluding hydrogens is 336 g/mol. The fourth-order valence-corrected chi connectivity index (χ4v) is 2.18. The maximum atomic E-state index is 13.1. The Morgan fingerprint density at radius 2 is 2.06 bits per heavy atom. The van der Waals surface area contributed by atoms with Crippen molar-refractivity contribution in [3.63, 3.8) is 0 Å². The van der Waals surface area contributed by atoms with Gasteiger partial charge in [0.05, 0.1) is 17.6 Å². The molecule has 0 atom stereocenters. The van der Waals surface area contributed by atoms with E-state index in [1.54, 1.807) is 18.2 Å². The van der Waals surface area contributed by atoms with E-state index in [2.05, 4.69) is 20.9 Å². The number of hydrogen-bond donors (Lipinski definition) is 1. The van der Waals surface area contributed by atoms with Crippen molar-refractivity contribution in [2.24, 2.45) is 0 Å². The molecule has 98 valence electrons. The van der Waals surface area contributed by atoms with E-state index < -0.39 is 18.9 Å². The van der Waals surface area contributed by atoms with Crippen molar-refractivity contribution in [2.45, 2.75) is 18.9 Å². The monoisotopic (exact) mass is 342 g/mol. The molecule has 18 heavy (non-hydrogen) atoms.